The van der Waals surface area contributed by atoms with Crippen molar-refractivity contribution >= 4 is 23.1 Å². The molecule has 3 nitrogen and oxygen atoms in total. The number of thioether (sulfide) groups is 1. The number of hydrogen-bond donors (Lipinski definition) is 3. The number of alkyl halides is 3. The lowest BCUT2D eigenvalue weighted by atomic mass is 10.0. The first-order valence-corrected chi connectivity index (χ1v) is 7.06. The molecular formula is C15H14F3N3S. The molecule has 0 saturated heterocycles. The smallest absolute Gasteiger partial charge is 0.399 e. The van der Waals surface area contributed by atoms with Gasteiger partial charge in [-0.3, -0.25) is 0 Å². The Labute approximate surface area is 130 Å². The first-order chi connectivity index (χ1) is 10.3. The number of nitrogen functional groups attached to an aromatic ring is 1. The van der Waals surface area contributed by atoms with E-state index < -0.39 is 11.7 Å². The highest BCUT2D eigenvalue weighted by atomic mass is 32.2. The van der Waals surface area contributed by atoms with E-state index in [0.717, 1.165) is 22.7 Å². The van der Waals surface area contributed by atoms with Crippen molar-refractivity contribution in [2.75, 3.05) is 5.73 Å². The third kappa shape index (κ3) is 3.67. The lowest BCUT2D eigenvalue weighted by Crippen LogP contribution is -2.14. The van der Waals surface area contributed by atoms with Crippen LogP contribution in [0.1, 0.15) is 11.1 Å². The maximum Gasteiger partial charge on any atom is 0.417 e. The van der Waals surface area contributed by atoms with E-state index in [-0.39, 0.29) is 16.3 Å². The van der Waals surface area contributed by atoms with Crippen LogP contribution in [0.4, 0.5) is 18.9 Å². The molecular weight excluding hydrogens is 311 g/mol. The average molecular weight is 325 g/mol. The van der Waals surface area contributed by atoms with Gasteiger partial charge in [-0.2, -0.15) is 13.2 Å². The van der Waals surface area contributed by atoms with Crippen molar-refractivity contribution in [1.29, 1.82) is 0 Å². The van der Waals surface area contributed by atoms with Gasteiger partial charge in [-0.05, 0) is 30.3 Å². The Kier molecular flexibility index (Phi) is 4.56. The van der Waals surface area contributed by atoms with E-state index in [1.165, 1.54) is 18.2 Å². The number of anilines is 1. The van der Waals surface area contributed by atoms with Crippen LogP contribution in [0.2, 0.25) is 0 Å². The molecule has 0 amide bonds. The quantitative estimate of drug-likeness (QED) is 0.595. The van der Waals surface area contributed by atoms with Crippen molar-refractivity contribution in [2.24, 2.45) is 11.5 Å². The normalized spacial score (nSPS) is 12.9. The minimum absolute atomic E-state index is 0.0986. The zero-order valence-electron chi connectivity index (χ0n) is 11.4. The van der Waals surface area contributed by atoms with Crippen molar-refractivity contribution in [3.63, 3.8) is 0 Å². The standard InChI is InChI=1S/C15H14F3N3S/c16-15(17,18)12-4-2-1-3-11(12)13(20)14(21)22-10-7-5-9(19)6-8-10/h1-8H,19-21H2/b14-13+. The van der Waals surface area contributed by atoms with Gasteiger partial charge in [0.25, 0.3) is 0 Å². The molecule has 2 rings (SSSR count). The zero-order chi connectivity index (χ0) is 16.3. The molecule has 2 aromatic rings. The molecule has 0 heterocycles. The summed E-state index contributed by atoms with van der Waals surface area (Å²) in [5.74, 6) is 0. The molecule has 2 aromatic carbocycles. The summed E-state index contributed by atoms with van der Waals surface area (Å²) in [7, 11) is 0. The third-order valence-electron chi connectivity index (χ3n) is 2.90. The summed E-state index contributed by atoms with van der Waals surface area (Å²) in [4.78, 5) is 0.735. The summed E-state index contributed by atoms with van der Waals surface area (Å²) in [6.07, 6.45) is -4.49. The maximum atomic E-state index is 13.0. The van der Waals surface area contributed by atoms with Gasteiger partial charge in [0.2, 0.25) is 0 Å². The molecule has 0 unspecified atom stereocenters. The van der Waals surface area contributed by atoms with Crippen molar-refractivity contribution in [1.82, 2.24) is 0 Å². The zero-order valence-corrected chi connectivity index (χ0v) is 12.2. The van der Waals surface area contributed by atoms with Gasteiger partial charge in [-0.15, -0.1) is 0 Å². The molecule has 7 heteroatoms. The van der Waals surface area contributed by atoms with Crippen LogP contribution in [-0.4, -0.2) is 0 Å². The van der Waals surface area contributed by atoms with E-state index in [4.69, 9.17) is 17.2 Å². The SMILES string of the molecule is N/C(Sc1ccc(N)cc1)=C(\N)c1ccccc1C(F)(F)F. The third-order valence-corrected chi connectivity index (χ3v) is 3.84. The van der Waals surface area contributed by atoms with Crippen molar-refractivity contribution in [2.45, 2.75) is 11.1 Å². The Bertz CT molecular complexity index is 694. The van der Waals surface area contributed by atoms with Crippen molar-refractivity contribution < 1.29 is 13.2 Å². The highest BCUT2D eigenvalue weighted by Crippen LogP contribution is 2.36. The first-order valence-electron chi connectivity index (χ1n) is 6.24. The molecule has 0 bridgehead atoms. The van der Waals surface area contributed by atoms with E-state index in [1.807, 2.05) is 0 Å². The van der Waals surface area contributed by atoms with Crippen LogP contribution in [0.5, 0.6) is 0 Å². The van der Waals surface area contributed by atoms with Gasteiger partial charge >= 0.3 is 6.18 Å². The fourth-order valence-corrected chi connectivity index (χ4v) is 2.56. The fraction of sp³-hybridized carbons (Fsp3) is 0.0667. The molecule has 0 saturated carbocycles. The number of hydrogen-bond acceptors (Lipinski definition) is 4. The predicted octanol–water partition coefficient (Wildman–Crippen LogP) is 3.62. The average Bonchev–Trinajstić information content (AvgIpc) is 2.48. The Balaban J connectivity index is 2.37. The molecule has 0 aliphatic heterocycles. The summed E-state index contributed by atoms with van der Waals surface area (Å²) >= 11 is 1.08. The molecule has 6 N–H and O–H groups in total. The molecule has 0 fully saturated rings. The van der Waals surface area contributed by atoms with Crippen molar-refractivity contribution in [3.05, 3.63) is 64.7 Å². The van der Waals surface area contributed by atoms with Gasteiger partial charge in [-0.25, -0.2) is 0 Å². The van der Waals surface area contributed by atoms with E-state index in [1.54, 1.807) is 24.3 Å². The molecule has 0 radical (unpaired) electrons. The first kappa shape index (κ1) is 16.1. The van der Waals surface area contributed by atoms with Gasteiger partial charge < -0.3 is 17.2 Å². The minimum atomic E-state index is -4.49. The van der Waals surface area contributed by atoms with Crippen LogP contribution < -0.4 is 17.2 Å². The summed E-state index contributed by atoms with van der Waals surface area (Å²) < 4.78 is 39.0. The molecule has 0 spiro atoms. The van der Waals surface area contributed by atoms with Gasteiger partial charge in [-0.1, -0.05) is 30.0 Å². The molecule has 0 aliphatic carbocycles. The number of rotatable bonds is 3. The lowest BCUT2D eigenvalue weighted by molar-refractivity contribution is -0.137. The predicted molar refractivity (Wildman–Crippen MR) is 83.5 cm³/mol. The van der Waals surface area contributed by atoms with E-state index >= 15 is 0 Å². The summed E-state index contributed by atoms with van der Waals surface area (Å²) in [5, 5.41) is 0.0986. The largest absolute Gasteiger partial charge is 0.417 e. The second-order valence-electron chi connectivity index (χ2n) is 4.49. The van der Waals surface area contributed by atoms with E-state index in [9.17, 15) is 13.2 Å². The summed E-state index contributed by atoms with van der Waals surface area (Å²) in [6.45, 7) is 0. The van der Waals surface area contributed by atoms with Crippen molar-refractivity contribution in [3.8, 4) is 0 Å². The highest BCUT2D eigenvalue weighted by Gasteiger charge is 2.33. The van der Waals surface area contributed by atoms with Gasteiger partial charge in [0.15, 0.2) is 0 Å². The lowest BCUT2D eigenvalue weighted by Gasteiger charge is -2.14. The molecule has 0 atom stereocenters. The second kappa shape index (κ2) is 6.23. The number of halogens is 3. The van der Waals surface area contributed by atoms with Crippen LogP contribution in [0, 0.1) is 0 Å². The fourth-order valence-electron chi connectivity index (χ4n) is 1.82. The molecule has 0 aromatic heterocycles. The van der Waals surface area contributed by atoms with Crippen LogP contribution in [-0.2, 0) is 6.18 Å². The van der Waals surface area contributed by atoms with Gasteiger partial charge in [0, 0.05) is 16.1 Å². The monoisotopic (exact) mass is 325 g/mol. The van der Waals surface area contributed by atoms with E-state index in [2.05, 4.69) is 0 Å². The van der Waals surface area contributed by atoms with Crippen LogP contribution in [0.25, 0.3) is 5.70 Å². The highest BCUT2D eigenvalue weighted by molar-refractivity contribution is 8.03. The number of benzene rings is 2. The summed E-state index contributed by atoms with van der Waals surface area (Å²) in [5.41, 5.74) is 16.8. The Morgan fingerprint density at radius 3 is 2.09 bits per heavy atom. The van der Waals surface area contributed by atoms with E-state index in [0.29, 0.717) is 5.69 Å². The van der Waals surface area contributed by atoms with Gasteiger partial charge in [0.1, 0.15) is 0 Å². The Morgan fingerprint density at radius 1 is 0.909 bits per heavy atom. The summed E-state index contributed by atoms with van der Waals surface area (Å²) in [6, 6.07) is 11.9. The van der Waals surface area contributed by atoms with Gasteiger partial charge in [0.05, 0.1) is 16.3 Å². The molecule has 0 aliphatic rings. The van der Waals surface area contributed by atoms with Crippen LogP contribution >= 0.6 is 11.8 Å². The maximum absolute atomic E-state index is 13.0. The molecule has 116 valence electrons. The second-order valence-corrected chi connectivity index (χ2v) is 5.61. The number of nitrogens with two attached hydrogens (primary N) is 3. The minimum Gasteiger partial charge on any atom is -0.399 e. The molecule has 22 heavy (non-hydrogen) atoms. The Hall–Kier alpha value is -2.28. The topological polar surface area (TPSA) is 78.1 Å². The van der Waals surface area contributed by atoms with Crippen LogP contribution in [0.3, 0.4) is 0 Å². The van der Waals surface area contributed by atoms with Crippen LogP contribution in [0.15, 0.2) is 58.5 Å². The Morgan fingerprint density at radius 2 is 1.50 bits per heavy atom.